The maximum atomic E-state index is 11.6. The number of nitrogens with one attached hydrogen (secondary N) is 1. The van der Waals surface area contributed by atoms with Crippen molar-refractivity contribution in [3.05, 3.63) is 43.9 Å². The Labute approximate surface area is 129 Å². The van der Waals surface area contributed by atoms with Crippen LogP contribution < -0.4 is 10.1 Å². The lowest BCUT2D eigenvalue weighted by molar-refractivity contribution is -0.123. The molecule has 0 aliphatic rings. The molecule has 1 N–H and O–H groups in total. The minimum absolute atomic E-state index is 0.0188. The highest BCUT2D eigenvalue weighted by molar-refractivity contribution is 14.1. The molecule has 1 aromatic heterocycles. The first-order chi connectivity index (χ1) is 9.13. The van der Waals surface area contributed by atoms with Crippen molar-refractivity contribution < 1.29 is 9.53 Å². The molecule has 100 valence electrons. The lowest BCUT2D eigenvalue weighted by atomic mass is 10.3. The van der Waals surface area contributed by atoms with Gasteiger partial charge in [-0.05, 0) is 53.8 Å². The number of amides is 1. The zero-order valence-electron chi connectivity index (χ0n) is 10.4. The third-order valence-corrected chi connectivity index (χ3v) is 3.97. The predicted octanol–water partition coefficient (Wildman–Crippen LogP) is 2.75. The van der Waals surface area contributed by atoms with E-state index in [0.29, 0.717) is 12.3 Å². The van der Waals surface area contributed by atoms with Crippen molar-refractivity contribution in [2.24, 2.45) is 0 Å². The summed E-state index contributed by atoms with van der Waals surface area (Å²) in [6.07, 6.45) is 0. The summed E-state index contributed by atoms with van der Waals surface area (Å²) in [5, 5.41) is 5.64. The van der Waals surface area contributed by atoms with E-state index < -0.39 is 0 Å². The van der Waals surface area contributed by atoms with Crippen LogP contribution in [0.1, 0.15) is 10.7 Å². The summed E-state index contributed by atoms with van der Waals surface area (Å²) in [6.45, 7) is 2.40. The fourth-order valence-electron chi connectivity index (χ4n) is 1.39. The van der Waals surface area contributed by atoms with E-state index in [-0.39, 0.29) is 12.5 Å². The Hall–Kier alpha value is -1.15. The van der Waals surface area contributed by atoms with E-state index in [0.717, 1.165) is 14.3 Å². The van der Waals surface area contributed by atoms with Gasteiger partial charge in [0.2, 0.25) is 0 Å². The molecule has 0 radical (unpaired) electrons. The van der Waals surface area contributed by atoms with Crippen LogP contribution in [0.3, 0.4) is 0 Å². The van der Waals surface area contributed by atoms with Gasteiger partial charge < -0.3 is 10.1 Å². The van der Waals surface area contributed by atoms with Crippen LogP contribution in [0.2, 0.25) is 0 Å². The lowest BCUT2D eigenvalue weighted by Gasteiger charge is -2.06. The van der Waals surface area contributed by atoms with Crippen LogP contribution in [0.25, 0.3) is 0 Å². The Bertz CT molecular complexity index is 554. The third kappa shape index (κ3) is 4.79. The number of halogens is 1. The van der Waals surface area contributed by atoms with Crippen molar-refractivity contribution in [2.45, 2.75) is 13.5 Å². The molecule has 2 rings (SSSR count). The van der Waals surface area contributed by atoms with Crippen molar-refractivity contribution in [1.29, 1.82) is 0 Å². The fourth-order valence-corrected chi connectivity index (χ4v) is 2.46. The molecule has 0 aliphatic heterocycles. The van der Waals surface area contributed by atoms with Crippen molar-refractivity contribution in [2.75, 3.05) is 6.61 Å². The standard InChI is InChI=1S/C13H13IN2O2S/c1-9-8-19-13(16-9)6-15-12(17)7-18-11-4-2-10(14)3-5-11/h2-5,8H,6-7H2,1H3,(H,15,17). The van der Waals surface area contributed by atoms with Crippen molar-refractivity contribution >= 4 is 39.8 Å². The molecule has 0 spiro atoms. The SMILES string of the molecule is Cc1csc(CNC(=O)COc2ccc(I)cc2)n1. The summed E-state index contributed by atoms with van der Waals surface area (Å²) in [6, 6.07) is 7.57. The molecule has 1 aromatic carbocycles. The summed E-state index contributed by atoms with van der Waals surface area (Å²) in [4.78, 5) is 15.9. The Morgan fingerprint density at radius 1 is 1.42 bits per heavy atom. The molecule has 2 aromatic rings. The molecule has 1 heterocycles. The molecule has 1 amide bonds. The van der Waals surface area contributed by atoms with Gasteiger partial charge in [0.1, 0.15) is 10.8 Å². The van der Waals surface area contributed by atoms with Crippen LogP contribution in [-0.2, 0) is 11.3 Å². The number of aryl methyl sites for hydroxylation is 1. The number of benzene rings is 1. The third-order valence-electron chi connectivity index (χ3n) is 2.29. The van der Waals surface area contributed by atoms with Gasteiger partial charge in [-0.3, -0.25) is 4.79 Å². The van der Waals surface area contributed by atoms with E-state index in [4.69, 9.17) is 4.74 Å². The van der Waals surface area contributed by atoms with Crippen LogP contribution in [-0.4, -0.2) is 17.5 Å². The quantitative estimate of drug-likeness (QED) is 0.802. The summed E-state index contributed by atoms with van der Waals surface area (Å²) < 4.78 is 6.52. The van der Waals surface area contributed by atoms with E-state index in [9.17, 15) is 4.79 Å². The molecular weight excluding hydrogens is 375 g/mol. The number of carbonyl (C=O) groups is 1. The average Bonchev–Trinajstić information content (AvgIpc) is 2.81. The zero-order chi connectivity index (χ0) is 13.7. The highest BCUT2D eigenvalue weighted by atomic mass is 127. The van der Waals surface area contributed by atoms with Gasteiger partial charge in [-0.1, -0.05) is 0 Å². The van der Waals surface area contributed by atoms with Gasteiger partial charge in [-0.25, -0.2) is 4.98 Å². The molecular formula is C13H13IN2O2S. The molecule has 0 atom stereocenters. The molecule has 0 saturated carbocycles. The largest absolute Gasteiger partial charge is 0.484 e. The lowest BCUT2D eigenvalue weighted by Crippen LogP contribution is -2.28. The molecule has 0 aliphatic carbocycles. The molecule has 19 heavy (non-hydrogen) atoms. The van der Waals surface area contributed by atoms with Crippen LogP contribution in [0.5, 0.6) is 5.75 Å². The maximum absolute atomic E-state index is 11.6. The van der Waals surface area contributed by atoms with Crippen LogP contribution in [0, 0.1) is 10.5 Å². The zero-order valence-corrected chi connectivity index (χ0v) is 13.3. The molecule has 4 nitrogen and oxygen atoms in total. The molecule has 0 fully saturated rings. The number of hydrogen-bond donors (Lipinski definition) is 1. The molecule has 0 unspecified atom stereocenters. The van der Waals surface area contributed by atoms with Gasteiger partial charge in [0.15, 0.2) is 6.61 Å². The Morgan fingerprint density at radius 3 is 2.79 bits per heavy atom. The van der Waals surface area contributed by atoms with Gasteiger partial charge >= 0.3 is 0 Å². The van der Waals surface area contributed by atoms with Crippen molar-refractivity contribution in [1.82, 2.24) is 10.3 Å². The number of nitrogens with zero attached hydrogens (tertiary/aromatic N) is 1. The summed E-state index contributed by atoms with van der Waals surface area (Å²) in [5.41, 5.74) is 0.976. The van der Waals surface area contributed by atoms with Gasteiger partial charge in [-0.2, -0.15) is 0 Å². The van der Waals surface area contributed by atoms with Gasteiger partial charge in [0.25, 0.3) is 5.91 Å². The fraction of sp³-hybridized carbons (Fsp3) is 0.231. The normalized spacial score (nSPS) is 10.2. The Kier molecular flexibility index (Phi) is 5.15. The number of thiazole rings is 1. The van der Waals surface area contributed by atoms with E-state index in [1.807, 2.05) is 36.6 Å². The summed E-state index contributed by atoms with van der Waals surface area (Å²) in [7, 11) is 0. The molecule has 0 saturated heterocycles. The van der Waals surface area contributed by atoms with Gasteiger partial charge in [0, 0.05) is 14.6 Å². The van der Waals surface area contributed by atoms with Crippen LogP contribution in [0.15, 0.2) is 29.6 Å². The summed E-state index contributed by atoms with van der Waals surface area (Å²) >= 11 is 3.76. The van der Waals surface area contributed by atoms with E-state index in [2.05, 4.69) is 32.9 Å². The number of aromatic nitrogens is 1. The number of hydrogen-bond acceptors (Lipinski definition) is 4. The Morgan fingerprint density at radius 2 is 2.16 bits per heavy atom. The Balaban J connectivity index is 1.74. The molecule has 0 bridgehead atoms. The molecule has 6 heteroatoms. The second-order valence-electron chi connectivity index (χ2n) is 3.90. The number of carbonyl (C=O) groups excluding carboxylic acids is 1. The number of ether oxygens (including phenoxy) is 1. The second kappa shape index (κ2) is 6.85. The first-order valence-electron chi connectivity index (χ1n) is 5.69. The highest BCUT2D eigenvalue weighted by Crippen LogP contribution is 2.13. The minimum Gasteiger partial charge on any atom is -0.484 e. The van der Waals surface area contributed by atoms with Crippen molar-refractivity contribution in [3.63, 3.8) is 0 Å². The van der Waals surface area contributed by atoms with Gasteiger partial charge in [0.05, 0.1) is 6.54 Å². The second-order valence-corrected chi connectivity index (χ2v) is 6.09. The minimum atomic E-state index is -0.147. The summed E-state index contributed by atoms with van der Waals surface area (Å²) in [5.74, 6) is 0.548. The first-order valence-corrected chi connectivity index (χ1v) is 7.65. The van der Waals surface area contributed by atoms with E-state index in [1.165, 1.54) is 0 Å². The highest BCUT2D eigenvalue weighted by Gasteiger charge is 2.04. The van der Waals surface area contributed by atoms with E-state index >= 15 is 0 Å². The first kappa shape index (κ1) is 14.3. The monoisotopic (exact) mass is 388 g/mol. The smallest absolute Gasteiger partial charge is 0.258 e. The average molecular weight is 388 g/mol. The van der Waals surface area contributed by atoms with E-state index in [1.54, 1.807) is 11.3 Å². The topological polar surface area (TPSA) is 51.2 Å². The van der Waals surface area contributed by atoms with Crippen LogP contribution >= 0.6 is 33.9 Å². The predicted molar refractivity (Wildman–Crippen MR) is 83.4 cm³/mol. The maximum Gasteiger partial charge on any atom is 0.258 e. The van der Waals surface area contributed by atoms with Crippen molar-refractivity contribution in [3.8, 4) is 5.75 Å². The number of rotatable bonds is 5. The van der Waals surface area contributed by atoms with Gasteiger partial charge in [-0.15, -0.1) is 11.3 Å². The van der Waals surface area contributed by atoms with Crippen LogP contribution in [0.4, 0.5) is 0 Å².